The number of hydrogen-bond donors (Lipinski definition) is 1. The molecule has 3 rings (SSSR count). The van der Waals surface area contributed by atoms with Gasteiger partial charge in [0.2, 0.25) is 0 Å². The summed E-state index contributed by atoms with van der Waals surface area (Å²) < 4.78 is 32.0. The molecule has 1 aliphatic heterocycles. The summed E-state index contributed by atoms with van der Waals surface area (Å²) in [5, 5.41) is 4.69. The number of hydrogen-bond acceptors (Lipinski definition) is 6. The number of rotatable bonds is 6. The van der Waals surface area contributed by atoms with Crippen LogP contribution in [0.25, 0.3) is 0 Å². The van der Waals surface area contributed by atoms with Crippen LogP contribution < -0.4 is 5.32 Å². The van der Waals surface area contributed by atoms with E-state index >= 15 is 0 Å². The van der Waals surface area contributed by atoms with Crippen molar-refractivity contribution in [2.75, 3.05) is 19.7 Å². The first-order valence-electron chi connectivity index (χ1n) is 9.96. The van der Waals surface area contributed by atoms with Crippen molar-refractivity contribution in [1.82, 2.24) is 9.62 Å². The first kappa shape index (κ1) is 21.3. The van der Waals surface area contributed by atoms with Gasteiger partial charge in [0.25, 0.3) is 15.9 Å². The van der Waals surface area contributed by atoms with E-state index in [2.05, 4.69) is 5.32 Å². The first-order chi connectivity index (χ1) is 13.5. The molecule has 7 nitrogen and oxygen atoms in total. The van der Waals surface area contributed by atoms with Crippen molar-refractivity contribution in [2.24, 2.45) is 5.92 Å². The molecule has 1 aliphatic carbocycles. The number of piperidine rings is 1. The van der Waals surface area contributed by atoms with Gasteiger partial charge in [-0.05, 0) is 37.1 Å². The number of nitrogens with zero attached hydrogens (tertiary/aromatic N) is 1. The van der Waals surface area contributed by atoms with Gasteiger partial charge in [0.1, 0.15) is 4.21 Å². The predicted octanol–water partition coefficient (Wildman–Crippen LogP) is 2.53. The molecule has 0 bridgehead atoms. The van der Waals surface area contributed by atoms with Crippen molar-refractivity contribution in [3.05, 3.63) is 17.5 Å². The smallest absolute Gasteiger partial charge is 0.309 e. The lowest BCUT2D eigenvalue weighted by molar-refractivity contribution is -0.153. The van der Waals surface area contributed by atoms with Gasteiger partial charge in [-0.3, -0.25) is 9.59 Å². The molecule has 2 aliphatic rings. The lowest BCUT2D eigenvalue weighted by Crippen LogP contribution is -2.41. The molecule has 0 aromatic carbocycles. The number of ether oxygens (including phenoxy) is 1. The van der Waals surface area contributed by atoms with Gasteiger partial charge in [0.05, 0.1) is 5.92 Å². The Morgan fingerprint density at radius 1 is 1.11 bits per heavy atom. The SMILES string of the molecule is O=C(COC(=O)C1CCN(S(=O)(=O)c2cccs2)CC1)NC1CCCCCC1. The number of nitrogens with one attached hydrogen (secondary N) is 1. The summed E-state index contributed by atoms with van der Waals surface area (Å²) in [4.78, 5) is 24.3. The molecule has 1 saturated heterocycles. The third-order valence-electron chi connectivity index (χ3n) is 5.44. The summed E-state index contributed by atoms with van der Waals surface area (Å²) in [5.74, 6) is -1.03. The molecule has 0 radical (unpaired) electrons. The molecule has 2 heterocycles. The van der Waals surface area contributed by atoms with Crippen LogP contribution >= 0.6 is 11.3 Å². The highest BCUT2D eigenvalue weighted by atomic mass is 32.2. The zero-order chi connectivity index (χ0) is 20.0. The Kier molecular flexibility index (Phi) is 7.48. The van der Waals surface area contributed by atoms with Crippen LogP contribution in [0.5, 0.6) is 0 Å². The molecular weight excluding hydrogens is 400 g/mol. The average Bonchev–Trinajstić information content (AvgIpc) is 3.13. The minimum absolute atomic E-state index is 0.180. The number of esters is 1. The molecule has 156 valence electrons. The van der Waals surface area contributed by atoms with Crippen molar-refractivity contribution in [3.8, 4) is 0 Å². The maximum atomic E-state index is 12.5. The van der Waals surface area contributed by atoms with Crippen LogP contribution in [0.3, 0.4) is 0 Å². The third kappa shape index (κ3) is 5.55. The van der Waals surface area contributed by atoms with Crippen LogP contribution in [-0.2, 0) is 24.3 Å². The van der Waals surface area contributed by atoms with E-state index < -0.39 is 16.0 Å². The quantitative estimate of drug-likeness (QED) is 0.555. The molecule has 1 aromatic rings. The second-order valence-corrected chi connectivity index (χ2v) is 10.6. The van der Waals surface area contributed by atoms with E-state index in [1.54, 1.807) is 17.5 Å². The van der Waals surface area contributed by atoms with E-state index in [1.165, 1.54) is 28.5 Å². The van der Waals surface area contributed by atoms with Crippen LogP contribution in [0.2, 0.25) is 0 Å². The maximum absolute atomic E-state index is 12.5. The molecule has 0 spiro atoms. The molecule has 1 amide bonds. The second-order valence-electron chi connectivity index (χ2n) is 7.47. The highest BCUT2D eigenvalue weighted by molar-refractivity contribution is 7.91. The normalized spacial score (nSPS) is 20.4. The Morgan fingerprint density at radius 2 is 1.79 bits per heavy atom. The lowest BCUT2D eigenvalue weighted by atomic mass is 9.98. The molecule has 28 heavy (non-hydrogen) atoms. The van der Waals surface area contributed by atoms with Crippen LogP contribution in [0, 0.1) is 5.92 Å². The number of sulfonamides is 1. The van der Waals surface area contributed by atoms with Gasteiger partial charge < -0.3 is 10.1 Å². The number of thiophene rings is 1. The topological polar surface area (TPSA) is 92.8 Å². The van der Waals surface area contributed by atoms with Crippen LogP contribution in [0.15, 0.2) is 21.7 Å². The molecule has 0 atom stereocenters. The molecular formula is C19H28N2O5S2. The van der Waals surface area contributed by atoms with E-state index in [0.29, 0.717) is 17.1 Å². The van der Waals surface area contributed by atoms with Crippen molar-refractivity contribution >= 4 is 33.2 Å². The summed E-state index contributed by atoms with van der Waals surface area (Å²) in [6.07, 6.45) is 7.45. The predicted molar refractivity (Wildman–Crippen MR) is 106 cm³/mol. The molecule has 1 N–H and O–H groups in total. The Hall–Kier alpha value is -1.45. The summed E-state index contributed by atoms with van der Waals surface area (Å²) in [7, 11) is -3.48. The van der Waals surface area contributed by atoms with E-state index in [4.69, 9.17) is 4.74 Å². The first-order valence-corrected chi connectivity index (χ1v) is 12.3. The summed E-state index contributed by atoms with van der Waals surface area (Å²) >= 11 is 1.19. The largest absolute Gasteiger partial charge is 0.455 e. The number of carbonyl (C=O) groups is 2. The second kappa shape index (κ2) is 9.84. The Balaban J connectivity index is 1.41. The molecule has 2 fully saturated rings. The Labute approximate surface area is 170 Å². The van der Waals surface area contributed by atoms with Crippen LogP contribution in [0.4, 0.5) is 0 Å². The van der Waals surface area contributed by atoms with Gasteiger partial charge in [-0.25, -0.2) is 8.42 Å². The third-order valence-corrected chi connectivity index (χ3v) is 8.71. The zero-order valence-electron chi connectivity index (χ0n) is 16.0. The van der Waals surface area contributed by atoms with E-state index in [9.17, 15) is 18.0 Å². The number of amides is 1. The fourth-order valence-corrected chi connectivity index (χ4v) is 6.43. The monoisotopic (exact) mass is 428 g/mol. The van der Waals surface area contributed by atoms with Gasteiger partial charge in [-0.1, -0.05) is 31.7 Å². The van der Waals surface area contributed by atoms with Crippen LogP contribution in [-0.4, -0.2) is 50.3 Å². The summed E-state index contributed by atoms with van der Waals surface area (Å²) in [5.41, 5.74) is 0. The number of carbonyl (C=O) groups excluding carboxylic acids is 2. The van der Waals surface area contributed by atoms with E-state index in [-0.39, 0.29) is 37.6 Å². The van der Waals surface area contributed by atoms with Gasteiger partial charge in [-0.2, -0.15) is 4.31 Å². The van der Waals surface area contributed by atoms with Gasteiger partial charge in [-0.15, -0.1) is 11.3 Å². The molecule has 0 unspecified atom stereocenters. The highest BCUT2D eigenvalue weighted by Gasteiger charge is 2.33. The van der Waals surface area contributed by atoms with Gasteiger partial charge in [0, 0.05) is 19.1 Å². The highest BCUT2D eigenvalue weighted by Crippen LogP contribution is 2.26. The fraction of sp³-hybridized carbons (Fsp3) is 0.684. The Bertz CT molecular complexity index is 747. The minimum atomic E-state index is -3.48. The fourth-order valence-electron chi connectivity index (χ4n) is 3.82. The van der Waals surface area contributed by atoms with Gasteiger partial charge >= 0.3 is 5.97 Å². The molecule has 1 aromatic heterocycles. The van der Waals surface area contributed by atoms with E-state index in [1.807, 2.05) is 0 Å². The van der Waals surface area contributed by atoms with Crippen molar-refractivity contribution in [3.63, 3.8) is 0 Å². The zero-order valence-corrected chi connectivity index (χ0v) is 17.6. The lowest BCUT2D eigenvalue weighted by Gasteiger charge is -2.29. The average molecular weight is 429 g/mol. The van der Waals surface area contributed by atoms with Crippen LogP contribution in [0.1, 0.15) is 51.4 Å². The maximum Gasteiger partial charge on any atom is 0.309 e. The van der Waals surface area contributed by atoms with Gasteiger partial charge in [0.15, 0.2) is 6.61 Å². The minimum Gasteiger partial charge on any atom is -0.455 e. The van der Waals surface area contributed by atoms with Crippen molar-refractivity contribution in [1.29, 1.82) is 0 Å². The molecule has 9 heteroatoms. The van der Waals surface area contributed by atoms with Crippen molar-refractivity contribution in [2.45, 2.75) is 61.6 Å². The summed E-state index contributed by atoms with van der Waals surface area (Å²) in [6, 6.07) is 3.48. The molecule has 1 saturated carbocycles. The summed E-state index contributed by atoms with van der Waals surface area (Å²) in [6.45, 7) is 0.311. The Morgan fingerprint density at radius 3 is 2.39 bits per heavy atom. The van der Waals surface area contributed by atoms with E-state index in [0.717, 1.165) is 25.7 Å². The van der Waals surface area contributed by atoms with Crippen molar-refractivity contribution < 1.29 is 22.7 Å². The standard InChI is InChI=1S/C19H28N2O5S2/c22-17(20-16-6-3-1-2-4-7-16)14-26-19(23)15-9-11-21(12-10-15)28(24,25)18-8-5-13-27-18/h5,8,13,15-16H,1-4,6-7,9-12,14H2,(H,20,22).